The SMILES string of the molecule is CC(=O)Nc1ccc2nc(Br)cc(C)c2c1. The van der Waals surface area contributed by atoms with E-state index in [4.69, 9.17) is 0 Å². The van der Waals surface area contributed by atoms with Gasteiger partial charge in [-0.1, -0.05) is 0 Å². The molecule has 2 rings (SSSR count). The highest BCUT2D eigenvalue weighted by Gasteiger charge is 2.03. The summed E-state index contributed by atoms with van der Waals surface area (Å²) >= 11 is 3.36. The molecule has 3 nitrogen and oxygen atoms in total. The predicted octanol–water partition coefficient (Wildman–Crippen LogP) is 3.26. The summed E-state index contributed by atoms with van der Waals surface area (Å²) in [5, 5.41) is 3.81. The van der Waals surface area contributed by atoms with Gasteiger partial charge in [0.25, 0.3) is 0 Å². The summed E-state index contributed by atoms with van der Waals surface area (Å²) in [4.78, 5) is 15.3. The average Bonchev–Trinajstić information content (AvgIpc) is 2.18. The molecule has 0 aliphatic heterocycles. The lowest BCUT2D eigenvalue weighted by Crippen LogP contribution is -2.05. The molecule has 82 valence electrons. The van der Waals surface area contributed by atoms with Crippen LogP contribution in [0.2, 0.25) is 0 Å². The van der Waals surface area contributed by atoms with Gasteiger partial charge in [0.2, 0.25) is 5.91 Å². The Morgan fingerprint density at radius 2 is 2.12 bits per heavy atom. The fourth-order valence-corrected chi connectivity index (χ4v) is 2.17. The number of amides is 1. The van der Waals surface area contributed by atoms with Crippen LogP contribution in [0.15, 0.2) is 28.9 Å². The van der Waals surface area contributed by atoms with Crippen LogP contribution in [-0.2, 0) is 4.79 Å². The van der Waals surface area contributed by atoms with Gasteiger partial charge in [-0.2, -0.15) is 0 Å². The molecule has 0 bridgehead atoms. The predicted molar refractivity (Wildman–Crippen MR) is 68.5 cm³/mol. The Balaban J connectivity index is 2.57. The van der Waals surface area contributed by atoms with Gasteiger partial charge in [-0.05, 0) is 52.7 Å². The Morgan fingerprint density at radius 1 is 1.38 bits per heavy atom. The molecule has 1 heterocycles. The lowest BCUT2D eigenvalue weighted by atomic mass is 10.1. The molecule has 1 aromatic carbocycles. The van der Waals surface area contributed by atoms with Gasteiger partial charge in [-0.25, -0.2) is 4.98 Å². The summed E-state index contributed by atoms with van der Waals surface area (Å²) in [5.41, 5.74) is 2.84. The second kappa shape index (κ2) is 4.22. The van der Waals surface area contributed by atoms with E-state index >= 15 is 0 Å². The monoisotopic (exact) mass is 278 g/mol. The van der Waals surface area contributed by atoms with Gasteiger partial charge in [0, 0.05) is 18.0 Å². The summed E-state index contributed by atoms with van der Waals surface area (Å²) < 4.78 is 0.824. The number of aromatic nitrogens is 1. The van der Waals surface area contributed by atoms with E-state index in [1.54, 1.807) is 0 Å². The van der Waals surface area contributed by atoms with Crippen molar-refractivity contribution in [2.24, 2.45) is 0 Å². The zero-order valence-electron chi connectivity index (χ0n) is 9.04. The number of carbonyl (C=O) groups excluding carboxylic acids is 1. The fraction of sp³-hybridized carbons (Fsp3) is 0.167. The molecule has 1 N–H and O–H groups in total. The van der Waals surface area contributed by atoms with Crippen LogP contribution >= 0.6 is 15.9 Å². The van der Waals surface area contributed by atoms with E-state index in [0.29, 0.717) is 0 Å². The third-order valence-corrected chi connectivity index (χ3v) is 2.71. The van der Waals surface area contributed by atoms with Crippen LogP contribution in [0.3, 0.4) is 0 Å². The molecule has 4 heteroatoms. The van der Waals surface area contributed by atoms with E-state index in [0.717, 1.165) is 26.8 Å². The van der Waals surface area contributed by atoms with Crippen LogP contribution in [0.25, 0.3) is 10.9 Å². The van der Waals surface area contributed by atoms with E-state index in [9.17, 15) is 4.79 Å². The number of fused-ring (bicyclic) bond motifs is 1. The third-order valence-electron chi connectivity index (χ3n) is 2.30. The van der Waals surface area contributed by atoms with Gasteiger partial charge in [0.15, 0.2) is 0 Å². The van der Waals surface area contributed by atoms with Gasteiger partial charge in [0.1, 0.15) is 4.60 Å². The van der Waals surface area contributed by atoms with Crippen LogP contribution in [0.4, 0.5) is 5.69 Å². The summed E-state index contributed by atoms with van der Waals surface area (Å²) in [7, 11) is 0. The number of hydrogen-bond donors (Lipinski definition) is 1. The summed E-state index contributed by atoms with van der Waals surface area (Å²) in [6.07, 6.45) is 0. The average molecular weight is 279 g/mol. The van der Waals surface area contributed by atoms with Crippen molar-refractivity contribution in [3.63, 3.8) is 0 Å². The van der Waals surface area contributed by atoms with Gasteiger partial charge in [0.05, 0.1) is 5.52 Å². The molecule has 0 aliphatic carbocycles. The van der Waals surface area contributed by atoms with Crippen molar-refractivity contribution >= 4 is 38.4 Å². The lowest BCUT2D eigenvalue weighted by Gasteiger charge is -2.06. The molecule has 1 amide bonds. The number of carbonyl (C=O) groups is 1. The number of halogens is 1. The van der Waals surface area contributed by atoms with Crippen molar-refractivity contribution in [3.8, 4) is 0 Å². The smallest absolute Gasteiger partial charge is 0.221 e. The van der Waals surface area contributed by atoms with Crippen molar-refractivity contribution in [1.82, 2.24) is 4.98 Å². The van der Waals surface area contributed by atoms with Gasteiger partial charge in [-0.3, -0.25) is 4.79 Å². The molecule has 0 unspecified atom stereocenters. The van der Waals surface area contributed by atoms with Crippen molar-refractivity contribution in [2.75, 3.05) is 5.32 Å². The zero-order valence-corrected chi connectivity index (χ0v) is 10.6. The number of rotatable bonds is 1. The first-order valence-electron chi connectivity index (χ1n) is 4.91. The Hall–Kier alpha value is -1.42. The first-order valence-corrected chi connectivity index (χ1v) is 5.70. The van der Waals surface area contributed by atoms with Crippen LogP contribution in [-0.4, -0.2) is 10.9 Å². The number of aryl methyl sites for hydroxylation is 1. The molecule has 0 fully saturated rings. The molecule has 0 saturated heterocycles. The van der Waals surface area contributed by atoms with Gasteiger partial charge in [-0.15, -0.1) is 0 Å². The second-order valence-corrected chi connectivity index (χ2v) is 4.49. The van der Waals surface area contributed by atoms with Gasteiger partial charge < -0.3 is 5.32 Å². The normalized spacial score (nSPS) is 10.4. The number of anilines is 1. The molecule has 0 atom stereocenters. The Morgan fingerprint density at radius 3 is 2.81 bits per heavy atom. The number of nitrogens with one attached hydrogen (secondary N) is 1. The largest absolute Gasteiger partial charge is 0.326 e. The fourth-order valence-electron chi connectivity index (χ4n) is 1.63. The quantitative estimate of drug-likeness (QED) is 0.814. The van der Waals surface area contributed by atoms with Crippen LogP contribution in [0, 0.1) is 6.92 Å². The van der Waals surface area contributed by atoms with E-state index in [1.807, 2.05) is 31.2 Å². The maximum absolute atomic E-state index is 11.0. The number of hydrogen-bond acceptors (Lipinski definition) is 2. The molecule has 0 spiro atoms. The van der Waals surface area contributed by atoms with E-state index in [-0.39, 0.29) is 5.91 Å². The van der Waals surface area contributed by atoms with Crippen LogP contribution < -0.4 is 5.32 Å². The first kappa shape index (κ1) is 11.1. The highest BCUT2D eigenvalue weighted by molar-refractivity contribution is 9.10. The summed E-state index contributed by atoms with van der Waals surface area (Å²) in [6.45, 7) is 3.52. The number of benzene rings is 1. The molecular formula is C12H11BrN2O. The third kappa shape index (κ3) is 2.22. The standard InChI is InChI=1S/C12H11BrN2O/c1-7-5-12(13)15-11-4-3-9(6-10(7)11)14-8(2)16/h3-6H,1-2H3,(H,14,16). The molecule has 0 aliphatic rings. The minimum absolute atomic E-state index is 0.0675. The molecular weight excluding hydrogens is 268 g/mol. The summed E-state index contributed by atoms with van der Waals surface area (Å²) in [5.74, 6) is -0.0675. The zero-order chi connectivity index (χ0) is 11.7. The lowest BCUT2D eigenvalue weighted by molar-refractivity contribution is -0.114. The van der Waals surface area contributed by atoms with E-state index < -0.39 is 0 Å². The van der Waals surface area contributed by atoms with Gasteiger partial charge >= 0.3 is 0 Å². The Bertz CT molecular complexity index is 566. The Labute approximate surface area is 102 Å². The minimum atomic E-state index is -0.0675. The van der Waals surface area contributed by atoms with Crippen LogP contribution in [0.1, 0.15) is 12.5 Å². The van der Waals surface area contributed by atoms with Crippen molar-refractivity contribution < 1.29 is 4.79 Å². The summed E-state index contributed by atoms with van der Waals surface area (Å²) in [6, 6.07) is 7.65. The van der Waals surface area contributed by atoms with E-state index in [2.05, 4.69) is 26.2 Å². The topological polar surface area (TPSA) is 42.0 Å². The highest BCUT2D eigenvalue weighted by Crippen LogP contribution is 2.23. The highest BCUT2D eigenvalue weighted by atomic mass is 79.9. The van der Waals surface area contributed by atoms with Crippen molar-refractivity contribution in [1.29, 1.82) is 0 Å². The Kier molecular flexibility index (Phi) is 2.92. The molecule has 0 saturated carbocycles. The van der Waals surface area contributed by atoms with Crippen molar-refractivity contribution in [3.05, 3.63) is 34.4 Å². The molecule has 16 heavy (non-hydrogen) atoms. The maximum Gasteiger partial charge on any atom is 0.221 e. The first-order chi connectivity index (χ1) is 7.56. The molecule has 0 radical (unpaired) electrons. The molecule has 1 aromatic heterocycles. The maximum atomic E-state index is 11.0. The number of pyridine rings is 1. The van der Waals surface area contributed by atoms with Crippen LogP contribution in [0.5, 0.6) is 0 Å². The second-order valence-electron chi connectivity index (χ2n) is 3.67. The molecule has 2 aromatic rings. The number of nitrogens with zero attached hydrogens (tertiary/aromatic N) is 1. The van der Waals surface area contributed by atoms with E-state index in [1.165, 1.54) is 6.92 Å². The van der Waals surface area contributed by atoms with Crippen molar-refractivity contribution in [2.45, 2.75) is 13.8 Å². The minimum Gasteiger partial charge on any atom is -0.326 e.